The van der Waals surface area contributed by atoms with Gasteiger partial charge in [0, 0.05) is 25.0 Å². The van der Waals surface area contributed by atoms with Gasteiger partial charge in [-0.1, -0.05) is 72.8 Å². The van der Waals surface area contributed by atoms with E-state index in [2.05, 4.69) is 0 Å². The second-order valence-corrected chi connectivity index (χ2v) is 9.95. The third kappa shape index (κ3) is 7.60. The van der Waals surface area contributed by atoms with Crippen LogP contribution in [0.2, 0.25) is 0 Å². The molecular weight excluding hydrogens is 536 g/mol. The third-order valence-corrected chi connectivity index (χ3v) is 7.32. The summed E-state index contributed by atoms with van der Waals surface area (Å²) in [6.07, 6.45) is -2.43. The normalized spacial score (nSPS) is 14.0. The van der Waals surface area contributed by atoms with Gasteiger partial charge in [0.2, 0.25) is 0 Å². The average molecular weight is 575 g/mol. The van der Waals surface area contributed by atoms with Crippen LogP contribution in [0.5, 0.6) is 23.0 Å². The Hall–Kier alpha value is -4.08. The van der Waals surface area contributed by atoms with Crippen molar-refractivity contribution in [3.63, 3.8) is 0 Å². The lowest BCUT2D eigenvalue weighted by molar-refractivity contribution is -0.0425. The Morgan fingerprint density at radius 1 is 0.524 bits per heavy atom. The number of methoxy groups -OCH3 is 2. The van der Waals surface area contributed by atoms with E-state index in [4.69, 9.17) is 18.9 Å². The summed E-state index contributed by atoms with van der Waals surface area (Å²) in [6.45, 7) is -0.270. The fourth-order valence-corrected chi connectivity index (χ4v) is 4.88. The highest BCUT2D eigenvalue weighted by Crippen LogP contribution is 2.40. The number of hydrogen-bond acceptors (Lipinski definition) is 8. The van der Waals surface area contributed by atoms with Gasteiger partial charge in [-0.3, -0.25) is 0 Å². The topological polar surface area (TPSA) is 118 Å². The molecule has 0 spiro atoms. The number of benzene rings is 4. The van der Waals surface area contributed by atoms with Crippen molar-refractivity contribution in [1.29, 1.82) is 0 Å². The molecule has 4 N–H and O–H groups in total. The van der Waals surface area contributed by atoms with E-state index in [0.29, 0.717) is 47.3 Å². The van der Waals surface area contributed by atoms with Gasteiger partial charge in [-0.2, -0.15) is 0 Å². The second kappa shape index (κ2) is 15.2. The first-order valence-electron chi connectivity index (χ1n) is 13.8. The minimum atomic E-state index is -1.21. The minimum Gasteiger partial charge on any atom is -0.493 e. The van der Waals surface area contributed by atoms with E-state index in [1.54, 1.807) is 36.4 Å². The highest BCUT2D eigenvalue weighted by molar-refractivity contribution is 5.45. The summed E-state index contributed by atoms with van der Waals surface area (Å²) >= 11 is 0. The molecule has 0 radical (unpaired) electrons. The zero-order chi connectivity index (χ0) is 29.9. The van der Waals surface area contributed by atoms with Crippen LogP contribution in [0.3, 0.4) is 0 Å². The zero-order valence-corrected chi connectivity index (χ0v) is 23.8. The van der Waals surface area contributed by atoms with E-state index in [1.807, 2.05) is 60.7 Å². The Kier molecular flexibility index (Phi) is 11.2. The first-order chi connectivity index (χ1) is 20.5. The molecule has 0 saturated carbocycles. The molecule has 42 heavy (non-hydrogen) atoms. The van der Waals surface area contributed by atoms with E-state index >= 15 is 0 Å². The van der Waals surface area contributed by atoms with E-state index in [0.717, 1.165) is 11.1 Å². The van der Waals surface area contributed by atoms with Crippen LogP contribution < -0.4 is 18.9 Å². The van der Waals surface area contributed by atoms with Crippen molar-refractivity contribution in [2.75, 3.05) is 27.4 Å². The molecule has 0 saturated heterocycles. The molecule has 0 amide bonds. The van der Waals surface area contributed by atoms with Crippen molar-refractivity contribution < 1.29 is 39.4 Å². The van der Waals surface area contributed by atoms with Crippen molar-refractivity contribution >= 4 is 0 Å². The summed E-state index contributed by atoms with van der Waals surface area (Å²) in [5, 5.41) is 43.2. The summed E-state index contributed by atoms with van der Waals surface area (Å²) in [4.78, 5) is 0. The van der Waals surface area contributed by atoms with Crippen LogP contribution in [0, 0.1) is 11.8 Å². The highest BCUT2D eigenvalue weighted by Gasteiger charge is 2.35. The molecule has 0 unspecified atom stereocenters. The third-order valence-electron chi connectivity index (χ3n) is 7.32. The Bertz CT molecular complexity index is 1270. The predicted octanol–water partition coefficient (Wildman–Crippen LogP) is 4.85. The maximum atomic E-state index is 11.3. The average Bonchev–Trinajstić information content (AvgIpc) is 3.05. The Labute approximate surface area is 246 Å². The summed E-state index contributed by atoms with van der Waals surface area (Å²) in [5.74, 6) is 0.0281. The van der Waals surface area contributed by atoms with E-state index in [-0.39, 0.29) is 0 Å². The molecule has 0 heterocycles. The van der Waals surface area contributed by atoms with E-state index in [9.17, 15) is 20.4 Å². The maximum Gasteiger partial charge on any atom is 0.161 e. The van der Waals surface area contributed by atoms with Crippen LogP contribution in [-0.4, -0.2) is 47.9 Å². The highest BCUT2D eigenvalue weighted by atomic mass is 16.5. The fourth-order valence-electron chi connectivity index (χ4n) is 4.88. The van der Waals surface area contributed by atoms with Gasteiger partial charge in [0.05, 0.1) is 26.4 Å². The molecule has 0 aliphatic rings. The Morgan fingerprint density at radius 2 is 0.905 bits per heavy atom. The molecule has 4 atom stereocenters. The molecule has 0 fully saturated rings. The molecule has 4 aromatic rings. The molecule has 8 nitrogen and oxygen atoms in total. The van der Waals surface area contributed by atoms with Crippen molar-refractivity contribution in [3.05, 3.63) is 119 Å². The SMILES string of the molecule is COc1cc([C@@H](O)[C@H](CO)[C@@H](CO)[C@@H](O)c2ccc(OCc3ccccc3)c(OC)c2)ccc1OCc1ccccc1. The smallest absolute Gasteiger partial charge is 0.161 e. The van der Waals surface area contributed by atoms with Gasteiger partial charge in [-0.25, -0.2) is 0 Å². The molecular formula is C34H38O8. The molecule has 4 rings (SSSR count). The molecule has 222 valence electrons. The van der Waals surface area contributed by atoms with Crippen LogP contribution in [0.25, 0.3) is 0 Å². The predicted molar refractivity (Wildman–Crippen MR) is 159 cm³/mol. The van der Waals surface area contributed by atoms with Gasteiger partial charge in [-0.15, -0.1) is 0 Å². The largest absolute Gasteiger partial charge is 0.493 e. The van der Waals surface area contributed by atoms with Crippen LogP contribution in [0.1, 0.15) is 34.5 Å². The van der Waals surface area contributed by atoms with Crippen molar-refractivity contribution in [3.8, 4) is 23.0 Å². The Morgan fingerprint density at radius 3 is 1.24 bits per heavy atom. The summed E-state index contributed by atoms with van der Waals surface area (Å²) in [7, 11) is 3.01. The number of aliphatic hydroxyl groups is 4. The Balaban J connectivity index is 1.49. The first kappa shape index (κ1) is 30.9. The van der Waals surface area contributed by atoms with Crippen LogP contribution in [0.4, 0.5) is 0 Å². The van der Waals surface area contributed by atoms with Gasteiger partial charge < -0.3 is 39.4 Å². The number of ether oxygens (including phenoxy) is 4. The minimum absolute atomic E-state index is 0.344. The first-order valence-corrected chi connectivity index (χ1v) is 13.8. The molecule has 4 aromatic carbocycles. The van der Waals surface area contributed by atoms with Gasteiger partial charge in [0.25, 0.3) is 0 Å². The number of aliphatic hydroxyl groups excluding tert-OH is 4. The molecule has 0 bridgehead atoms. The summed E-state index contributed by atoms with van der Waals surface area (Å²) < 4.78 is 22.8. The van der Waals surface area contributed by atoms with Gasteiger partial charge in [-0.05, 0) is 46.5 Å². The van der Waals surface area contributed by atoms with Crippen molar-refractivity contribution in [1.82, 2.24) is 0 Å². The van der Waals surface area contributed by atoms with Crippen molar-refractivity contribution in [2.24, 2.45) is 11.8 Å². The van der Waals surface area contributed by atoms with E-state index < -0.39 is 37.3 Å². The standard InChI is InChI=1S/C34H38O8/c1-39-31-17-25(13-15-29(31)41-21-23-9-5-3-6-10-23)33(37)27(19-35)28(20-36)34(38)26-14-16-30(32(18-26)40-2)42-22-24-11-7-4-8-12-24/h3-18,27-28,33-38H,19-22H2,1-2H3/t27-,28-,33-,34+/m1/s1. The van der Waals surface area contributed by atoms with Gasteiger partial charge in [0.15, 0.2) is 23.0 Å². The van der Waals surface area contributed by atoms with Crippen LogP contribution in [-0.2, 0) is 13.2 Å². The van der Waals surface area contributed by atoms with Crippen LogP contribution >= 0.6 is 0 Å². The fraction of sp³-hybridized carbons (Fsp3) is 0.294. The second-order valence-electron chi connectivity index (χ2n) is 9.95. The lowest BCUT2D eigenvalue weighted by Crippen LogP contribution is -2.32. The van der Waals surface area contributed by atoms with Gasteiger partial charge >= 0.3 is 0 Å². The number of hydrogen-bond donors (Lipinski definition) is 4. The summed E-state index contributed by atoms with van der Waals surface area (Å²) in [6, 6.07) is 29.4. The monoisotopic (exact) mass is 574 g/mol. The molecule has 0 aromatic heterocycles. The zero-order valence-electron chi connectivity index (χ0n) is 23.8. The number of rotatable bonds is 15. The lowest BCUT2D eigenvalue weighted by Gasteiger charge is -2.32. The lowest BCUT2D eigenvalue weighted by atomic mass is 9.80. The summed E-state index contributed by atoms with van der Waals surface area (Å²) in [5.41, 5.74) is 2.89. The molecule has 0 aliphatic carbocycles. The maximum absolute atomic E-state index is 11.3. The van der Waals surface area contributed by atoms with Gasteiger partial charge in [0.1, 0.15) is 13.2 Å². The quantitative estimate of drug-likeness (QED) is 0.159. The molecule has 8 heteroatoms. The van der Waals surface area contributed by atoms with Crippen molar-refractivity contribution in [2.45, 2.75) is 25.4 Å². The molecule has 0 aliphatic heterocycles. The van der Waals surface area contributed by atoms with Crippen LogP contribution in [0.15, 0.2) is 97.1 Å². The van der Waals surface area contributed by atoms with E-state index in [1.165, 1.54) is 14.2 Å².